The van der Waals surface area contributed by atoms with Gasteiger partial charge in [0.15, 0.2) is 5.82 Å². The average Bonchev–Trinajstić information content (AvgIpc) is 2.98. The standard InChI is InChI=1S/C11H11ClN4/c12-9-5-8(13)6-14-11(9)16-4-3-10(15-16)7-1-2-7/h3-7H,1-2,13H2. The van der Waals surface area contributed by atoms with E-state index in [1.165, 1.54) is 12.8 Å². The van der Waals surface area contributed by atoms with Gasteiger partial charge in [0.25, 0.3) is 0 Å². The Balaban J connectivity index is 2.00. The number of nitrogens with two attached hydrogens (primary N) is 1. The molecule has 0 amide bonds. The summed E-state index contributed by atoms with van der Waals surface area (Å²) in [6.45, 7) is 0. The van der Waals surface area contributed by atoms with Gasteiger partial charge in [0.05, 0.1) is 22.6 Å². The van der Waals surface area contributed by atoms with Crippen molar-refractivity contribution in [1.29, 1.82) is 0 Å². The third-order valence-corrected chi connectivity index (χ3v) is 2.94. The average molecular weight is 235 g/mol. The molecule has 2 aromatic heterocycles. The highest BCUT2D eigenvalue weighted by molar-refractivity contribution is 6.32. The molecule has 16 heavy (non-hydrogen) atoms. The Kier molecular flexibility index (Phi) is 2.11. The number of rotatable bonds is 2. The Bertz CT molecular complexity index is 531. The molecule has 0 aliphatic heterocycles. The van der Waals surface area contributed by atoms with Gasteiger partial charge >= 0.3 is 0 Å². The molecule has 0 aromatic carbocycles. The molecule has 2 heterocycles. The summed E-state index contributed by atoms with van der Waals surface area (Å²) >= 11 is 6.07. The molecule has 0 saturated heterocycles. The van der Waals surface area contributed by atoms with Gasteiger partial charge < -0.3 is 5.73 Å². The van der Waals surface area contributed by atoms with Crippen LogP contribution in [-0.2, 0) is 0 Å². The van der Waals surface area contributed by atoms with Gasteiger partial charge in [-0.05, 0) is 25.0 Å². The van der Waals surface area contributed by atoms with Gasteiger partial charge in [-0.2, -0.15) is 5.10 Å². The van der Waals surface area contributed by atoms with E-state index in [-0.39, 0.29) is 0 Å². The van der Waals surface area contributed by atoms with Crippen LogP contribution in [0.1, 0.15) is 24.5 Å². The summed E-state index contributed by atoms with van der Waals surface area (Å²) in [6, 6.07) is 3.70. The summed E-state index contributed by atoms with van der Waals surface area (Å²) in [6.07, 6.45) is 5.94. The Morgan fingerprint density at radius 3 is 2.94 bits per heavy atom. The number of halogens is 1. The van der Waals surface area contributed by atoms with Crippen molar-refractivity contribution in [3.05, 3.63) is 35.2 Å². The number of hydrogen-bond acceptors (Lipinski definition) is 3. The molecule has 1 aliphatic rings. The first-order chi connectivity index (χ1) is 7.74. The predicted octanol–water partition coefficient (Wildman–Crippen LogP) is 2.38. The van der Waals surface area contributed by atoms with E-state index in [1.807, 2.05) is 12.3 Å². The SMILES string of the molecule is Nc1cnc(-n2ccc(C3CC3)n2)c(Cl)c1. The molecule has 2 aromatic rings. The van der Waals surface area contributed by atoms with Crippen molar-refractivity contribution < 1.29 is 0 Å². The van der Waals surface area contributed by atoms with Crippen LogP contribution < -0.4 is 5.73 Å². The fourth-order valence-electron chi connectivity index (χ4n) is 1.67. The lowest BCUT2D eigenvalue weighted by Crippen LogP contribution is -2.01. The zero-order valence-electron chi connectivity index (χ0n) is 8.60. The van der Waals surface area contributed by atoms with Gasteiger partial charge in [-0.3, -0.25) is 0 Å². The van der Waals surface area contributed by atoms with E-state index < -0.39 is 0 Å². The monoisotopic (exact) mass is 234 g/mol. The van der Waals surface area contributed by atoms with Crippen LogP contribution >= 0.6 is 11.6 Å². The van der Waals surface area contributed by atoms with E-state index >= 15 is 0 Å². The highest BCUT2D eigenvalue weighted by atomic mass is 35.5. The maximum atomic E-state index is 6.07. The van der Waals surface area contributed by atoms with E-state index in [0.29, 0.717) is 22.4 Å². The summed E-state index contributed by atoms with van der Waals surface area (Å²) in [7, 11) is 0. The molecule has 0 atom stereocenters. The number of anilines is 1. The highest BCUT2D eigenvalue weighted by Crippen LogP contribution is 2.39. The summed E-state index contributed by atoms with van der Waals surface area (Å²) < 4.78 is 1.70. The van der Waals surface area contributed by atoms with Crippen LogP contribution in [0.5, 0.6) is 0 Å². The van der Waals surface area contributed by atoms with Crippen LogP contribution in [0.2, 0.25) is 5.02 Å². The van der Waals surface area contributed by atoms with Crippen molar-refractivity contribution in [1.82, 2.24) is 14.8 Å². The molecule has 4 nitrogen and oxygen atoms in total. The van der Waals surface area contributed by atoms with Crippen molar-refractivity contribution in [3.63, 3.8) is 0 Å². The second kappa shape index (κ2) is 3.49. The summed E-state index contributed by atoms with van der Waals surface area (Å²) in [5.41, 5.74) is 7.27. The Hall–Kier alpha value is -1.55. The molecular formula is C11H11ClN4. The summed E-state index contributed by atoms with van der Waals surface area (Å²) in [5, 5.41) is 4.98. The first kappa shape index (κ1) is 9.66. The van der Waals surface area contributed by atoms with Crippen LogP contribution in [-0.4, -0.2) is 14.8 Å². The normalized spacial score (nSPS) is 15.3. The summed E-state index contributed by atoms with van der Waals surface area (Å²) in [5.74, 6) is 1.26. The lowest BCUT2D eigenvalue weighted by atomic mass is 10.3. The molecule has 0 radical (unpaired) electrons. The third-order valence-electron chi connectivity index (χ3n) is 2.67. The minimum atomic E-state index is 0.519. The molecule has 1 saturated carbocycles. The lowest BCUT2D eigenvalue weighted by molar-refractivity contribution is 0.813. The van der Waals surface area contributed by atoms with Crippen LogP contribution in [0.25, 0.3) is 5.82 Å². The van der Waals surface area contributed by atoms with Gasteiger partial charge in [0.2, 0.25) is 0 Å². The van der Waals surface area contributed by atoms with Crippen LogP contribution in [0, 0.1) is 0 Å². The topological polar surface area (TPSA) is 56.7 Å². The molecular weight excluding hydrogens is 224 g/mol. The zero-order valence-corrected chi connectivity index (χ0v) is 9.35. The van der Waals surface area contributed by atoms with E-state index in [9.17, 15) is 0 Å². The molecule has 82 valence electrons. The largest absolute Gasteiger partial charge is 0.397 e. The van der Waals surface area contributed by atoms with Gasteiger partial charge in [0, 0.05) is 12.1 Å². The molecule has 2 N–H and O–H groups in total. The van der Waals surface area contributed by atoms with Crippen LogP contribution in [0.4, 0.5) is 5.69 Å². The lowest BCUT2D eigenvalue weighted by Gasteiger charge is -2.03. The van der Waals surface area contributed by atoms with Gasteiger partial charge in [0.1, 0.15) is 0 Å². The maximum absolute atomic E-state index is 6.07. The number of hydrogen-bond donors (Lipinski definition) is 1. The van der Waals surface area contributed by atoms with E-state index in [2.05, 4.69) is 10.1 Å². The Morgan fingerprint density at radius 2 is 2.25 bits per heavy atom. The minimum Gasteiger partial charge on any atom is -0.397 e. The third kappa shape index (κ3) is 1.65. The van der Waals surface area contributed by atoms with Crippen molar-refractivity contribution >= 4 is 17.3 Å². The fraction of sp³-hybridized carbons (Fsp3) is 0.273. The number of nitrogen functional groups attached to an aromatic ring is 1. The van der Waals surface area contributed by atoms with Gasteiger partial charge in [-0.15, -0.1) is 0 Å². The number of aromatic nitrogens is 3. The van der Waals surface area contributed by atoms with Crippen molar-refractivity contribution in [2.24, 2.45) is 0 Å². The smallest absolute Gasteiger partial charge is 0.172 e. The van der Waals surface area contributed by atoms with E-state index in [1.54, 1.807) is 16.9 Å². The van der Waals surface area contributed by atoms with E-state index in [4.69, 9.17) is 17.3 Å². The second-order valence-corrected chi connectivity index (χ2v) is 4.44. The van der Waals surface area contributed by atoms with Crippen LogP contribution in [0.3, 0.4) is 0 Å². The summed E-state index contributed by atoms with van der Waals surface area (Å²) in [4.78, 5) is 4.18. The molecule has 1 fully saturated rings. The highest BCUT2D eigenvalue weighted by Gasteiger charge is 2.26. The van der Waals surface area contributed by atoms with E-state index in [0.717, 1.165) is 5.69 Å². The predicted molar refractivity (Wildman–Crippen MR) is 62.8 cm³/mol. The number of nitrogens with zero attached hydrogens (tertiary/aromatic N) is 3. The Morgan fingerprint density at radius 1 is 1.44 bits per heavy atom. The Labute approximate surface area is 98.0 Å². The van der Waals surface area contributed by atoms with Crippen molar-refractivity contribution in [2.45, 2.75) is 18.8 Å². The molecule has 3 rings (SSSR count). The quantitative estimate of drug-likeness (QED) is 0.868. The van der Waals surface area contributed by atoms with Crippen molar-refractivity contribution in [2.75, 3.05) is 5.73 Å². The number of pyridine rings is 1. The zero-order chi connectivity index (χ0) is 11.1. The first-order valence-electron chi connectivity index (χ1n) is 5.21. The second-order valence-electron chi connectivity index (χ2n) is 4.03. The molecule has 0 unspecified atom stereocenters. The van der Waals surface area contributed by atoms with Gasteiger partial charge in [-0.1, -0.05) is 11.6 Å². The minimum absolute atomic E-state index is 0.519. The molecule has 1 aliphatic carbocycles. The first-order valence-corrected chi connectivity index (χ1v) is 5.59. The fourth-order valence-corrected chi connectivity index (χ4v) is 1.93. The van der Waals surface area contributed by atoms with Crippen LogP contribution in [0.15, 0.2) is 24.5 Å². The van der Waals surface area contributed by atoms with Gasteiger partial charge in [-0.25, -0.2) is 9.67 Å². The maximum Gasteiger partial charge on any atom is 0.172 e. The molecule has 0 spiro atoms. The molecule has 0 bridgehead atoms. The van der Waals surface area contributed by atoms with Crippen molar-refractivity contribution in [3.8, 4) is 5.82 Å². The molecule has 5 heteroatoms.